The predicted octanol–water partition coefficient (Wildman–Crippen LogP) is 7.50. The van der Waals surface area contributed by atoms with Gasteiger partial charge < -0.3 is 35.4 Å². The zero-order valence-corrected chi connectivity index (χ0v) is 32.1. The number of ether oxygens (including phenoxy) is 2. The van der Waals surface area contributed by atoms with Crippen LogP contribution in [0.3, 0.4) is 0 Å². The summed E-state index contributed by atoms with van der Waals surface area (Å²) in [6, 6.07) is 28.2. The van der Waals surface area contributed by atoms with Gasteiger partial charge in [0.25, 0.3) is 0 Å². The monoisotopic (exact) mass is 762 g/mol. The van der Waals surface area contributed by atoms with E-state index in [9.17, 15) is 20.3 Å². The van der Waals surface area contributed by atoms with Crippen molar-refractivity contribution in [3.63, 3.8) is 0 Å². The summed E-state index contributed by atoms with van der Waals surface area (Å²) in [4.78, 5) is 14.9. The quantitative estimate of drug-likeness (QED) is 0.0571. The molecular formula is C44H47ClN4O6. The van der Waals surface area contributed by atoms with Crippen molar-refractivity contribution < 1.29 is 29.6 Å². The highest BCUT2D eigenvalue weighted by atomic mass is 35.5. The van der Waals surface area contributed by atoms with Crippen LogP contribution >= 0.6 is 11.6 Å². The van der Waals surface area contributed by atoms with Crippen LogP contribution in [0, 0.1) is 25.2 Å². The van der Waals surface area contributed by atoms with Gasteiger partial charge in [-0.3, -0.25) is 9.78 Å². The molecule has 0 saturated carbocycles. The highest BCUT2D eigenvalue weighted by Crippen LogP contribution is 2.37. The summed E-state index contributed by atoms with van der Waals surface area (Å²) in [6.45, 7) is 8.17. The van der Waals surface area contributed by atoms with Crippen LogP contribution in [0.4, 0.5) is 0 Å². The molecule has 5 N–H and O–H groups in total. The molecule has 0 unspecified atom stereocenters. The van der Waals surface area contributed by atoms with Gasteiger partial charge in [0.2, 0.25) is 0 Å². The summed E-state index contributed by atoms with van der Waals surface area (Å²) in [6.07, 6.45) is 2.12. The number of benzene rings is 4. The standard InChI is InChI=1S/C44H47ClN4O6/c1-4-36(50)24-49-23-35-16-41(45)43(18-42(35)54-26-32-15-31(19-46)21-47-22-32)55-27-34-7-5-9-39(28(34)2)40-10-6-8-38(29(40)3)33-13-11-30(12-14-33)20-48-25-37(51)17-44(52)53/h5-16,18,21-22,36-37,48-51H,4,17,20,23-27H2,1-3H3,(H,52,53)/t36-,37-/m0/s1. The number of nitrogens with zero attached hydrogens (tertiary/aromatic N) is 2. The van der Waals surface area contributed by atoms with Crippen LogP contribution in [-0.2, 0) is 31.1 Å². The Bertz CT molecular complexity index is 2120. The largest absolute Gasteiger partial charge is 0.488 e. The van der Waals surface area contributed by atoms with Crippen LogP contribution in [0.5, 0.6) is 11.5 Å². The summed E-state index contributed by atoms with van der Waals surface area (Å²) >= 11 is 6.78. The first kappa shape index (κ1) is 40.9. The minimum atomic E-state index is -1.02. The van der Waals surface area contributed by atoms with Gasteiger partial charge >= 0.3 is 5.97 Å². The molecule has 0 aliphatic rings. The van der Waals surface area contributed by atoms with Gasteiger partial charge in [-0.1, -0.05) is 79.2 Å². The fourth-order valence-electron chi connectivity index (χ4n) is 6.25. The van der Waals surface area contributed by atoms with E-state index < -0.39 is 18.2 Å². The lowest BCUT2D eigenvalue weighted by Crippen LogP contribution is -2.28. The van der Waals surface area contributed by atoms with E-state index in [1.165, 1.54) is 6.20 Å². The number of nitriles is 1. The third kappa shape index (κ3) is 11.4. The Balaban J connectivity index is 1.32. The van der Waals surface area contributed by atoms with Gasteiger partial charge in [0.1, 0.15) is 30.8 Å². The van der Waals surface area contributed by atoms with Gasteiger partial charge in [-0.25, -0.2) is 0 Å². The van der Waals surface area contributed by atoms with Crippen molar-refractivity contribution in [2.24, 2.45) is 0 Å². The smallest absolute Gasteiger partial charge is 0.306 e. The second-order valence-electron chi connectivity index (χ2n) is 13.5. The SMILES string of the molecule is CC[C@H](O)CNCc1cc(Cl)c(OCc2cccc(-c3cccc(-c4ccc(CNC[C@@H](O)CC(=O)O)cc4)c3C)c2C)cc1OCc1cncc(C#N)c1. The molecule has 5 rings (SSSR count). The second kappa shape index (κ2) is 19.9. The Kier molecular flexibility index (Phi) is 14.8. The van der Waals surface area contributed by atoms with E-state index in [0.29, 0.717) is 48.1 Å². The normalized spacial score (nSPS) is 12.2. The van der Waals surface area contributed by atoms with Gasteiger partial charge in [0.05, 0.1) is 29.2 Å². The van der Waals surface area contributed by atoms with Crippen LogP contribution in [0.25, 0.3) is 22.3 Å². The number of aliphatic hydroxyl groups excluding tert-OH is 2. The van der Waals surface area contributed by atoms with Gasteiger partial charge in [0, 0.05) is 55.8 Å². The molecule has 0 aliphatic heterocycles. The first-order valence-electron chi connectivity index (χ1n) is 18.2. The van der Waals surface area contributed by atoms with Crippen molar-refractivity contribution in [2.45, 2.75) is 72.1 Å². The number of hydrogen-bond donors (Lipinski definition) is 5. The average Bonchev–Trinajstić information content (AvgIpc) is 3.18. The van der Waals surface area contributed by atoms with Crippen LogP contribution < -0.4 is 20.1 Å². The molecule has 55 heavy (non-hydrogen) atoms. The number of hydrogen-bond acceptors (Lipinski definition) is 9. The van der Waals surface area contributed by atoms with Crippen molar-refractivity contribution in [1.29, 1.82) is 5.26 Å². The topological polar surface area (TPSA) is 157 Å². The third-order valence-corrected chi connectivity index (χ3v) is 9.73. The summed E-state index contributed by atoms with van der Waals surface area (Å²) in [5.74, 6) is 0.0105. The first-order chi connectivity index (χ1) is 26.6. The highest BCUT2D eigenvalue weighted by Gasteiger charge is 2.16. The van der Waals surface area contributed by atoms with Crippen molar-refractivity contribution in [3.8, 4) is 39.8 Å². The molecule has 0 spiro atoms. The molecule has 0 fully saturated rings. The van der Waals surface area contributed by atoms with Crippen molar-refractivity contribution in [2.75, 3.05) is 13.1 Å². The number of rotatable bonds is 19. The second-order valence-corrected chi connectivity index (χ2v) is 13.9. The number of carbonyl (C=O) groups is 1. The molecule has 0 aliphatic carbocycles. The van der Waals surface area contributed by atoms with Gasteiger partial charge in [0.15, 0.2) is 0 Å². The van der Waals surface area contributed by atoms with Crippen LogP contribution in [0.1, 0.15) is 58.7 Å². The molecule has 0 amide bonds. The maximum atomic E-state index is 10.8. The lowest BCUT2D eigenvalue weighted by molar-refractivity contribution is -0.139. The number of aliphatic carboxylic acids is 1. The molecule has 0 saturated heterocycles. The number of carboxylic acids is 1. The van der Waals surface area contributed by atoms with E-state index in [-0.39, 0.29) is 26.2 Å². The summed E-state index contributed by atoms with van der Waals surface area (Å²) in [7, 11) is 0. The summed E-state index contributed by atoms with van der Waals surface area (Å²) in [5.41, 5.74) is 10.7. The fraction of sp³-hybridized carbons (Fsp3) is 0.295. The fourth-order valence-corrected chi connectivity index (χ4v) is 6.49. The number of pyridine rings is 1. The lowest BCUT2D eigenvalue weighted by Gasteiger charge is -2.18. The Morgan fingerprint density at radius 2 is 1.47 bits per heavy atom. The van der Waals surface area contributed by atoms with Crippen molar-refractivity contribution in [1.82, 2.24) is 15.6 Å². The van der Waals surface area contributed by atoms with E-state index in [0.717, 1.165) is 55.6 Å². The number of aliphatic hydroxyl groups is 2. The lowest BCUT2D eigenvalue weighted by atomic mass is 9.89. The maximum absolute atomic E-state index is 10.8. The van der Waals surface area contributed by atoms with Gasteiger partial charge in [-0.15, -0.1) is 0 Å². The molecule has 5 aromatic rings. The van der Waals surface area contributed by atoms with E-state index in [2.05, 4.69) is 71.9 Å². The molecule has 286 valence electrons. The summed E-state index contributed by atoms with van der Waals surface area (Å²) in [5, 5.41) is 44.8. The number of nitrogens with one attached hydrogen (secondary N) is 2. The molecule has 2 atom stereocenters. The Morgan fingerprint density at radius 3 is 2.20 bits per heavy atom. The molecule has 1 heterocycles. The van der Waals surface area contributed by atoms with E-state index in [4.69, 9.17) is 26.2 Å². The maximum Gasteiger partial charge on any atom is 0.306 e. The molecule has 11 heteroatoms. The zero-order valence-electron chi connectivity index (χ0n) is 31.3. The summed E-state index contributed by atoms with van der Waals surface area (Å²) < 4.78 is 12.6. The zero-order chi connectivity index (χ0) is 39.3. The number of aromatic nitrogens is 1. The van der Waals surface area contributed by atoms with E-state index >= 15 is 0 Å². The van der Waals surface area contributed by atoms with E-state index in [1.807, 2.05) is 37.3 Å². The molecule has 10 nitrogen and oxygen atoms in total. The number of halogens is 1. The molecular weight excluding hydrogens is 716 g/mol. The molecule has 0 bridgehead atoms. The number of carboxylic acid groups (broad SMARTS) is 1. The van der Waals surface area contributed by atoms with Crippen LogP contribution in [0.2, 0.25) is 5.02 Å². The third-order valence-electron chi connectivity index (χ3n) is 9.44. The van der Waals surface area contributed by atoms with Gasteiger partial charge in [-0.2, -0.15) is 5.26 Å². The Labute approximate surface area is 327 Å². The van der Waals surface area contributed by atoms with Gasteiger partial charge in [-0.05, 0) is 76.9 Å². The highest BCUT2D eigenvalue weighted by molar-refractivity contribution is 6.32. The van der Waals surface area contributed by atoms with Crippen molar-refractivity contribution >= 4 is 17.6 Å². The molecule has 1 aromatic heterocycles. The Morgan fingerprint density at radius 1 is 0.800 bits per heavy atom. The minimum Gasteiger partial charge on any atom is -0.488 e. The minimum absolute atomic E-state index is 0.191. The van der Waals surface area contributed by atoms with Crippen molar-refractivity contribution in [3.05, 3.63) is 135 Å². The Hall–Kier alpha value is -5.28. The van der Waals surface area contributed by atoms with Crippen LogP contribution in [-0.4, -0.2) is 51.6 Å². The first-order valence-corrected chi connectivity index (χ1v) is 18.6. The predicted molar refractivity (Wildman–Crippen MR) is 214 cm³/mol. The molecule has 4 aromatic carbocycles. The van der Waals surface area contributed by atoms with E-state index in [1.54, 1.807) is 18.3 Å². The van der Waals surface area contributed by atoms with Crippen LogP contribution in [0.15, 0.2) is 91.3 Å². The molecule has 0 radical (unpaired) electrons. The average molecular weight is 763 g/mol.